The zero-order chi connectivity index (χ0) is 29.2. The van der Waals surface area contributed by atoms with Crippen LogP contribution in [-0.4, -0.2) is 106 Å². The molecule has 1 rings (SSSR count). The maximum atomic E-state index is 12.7. The van der Waals surface area contributed by atoms with Gasteiger partial charge in [-0.05, 0) is 31.6 Å². The van der Waals surface area contributed by atoms with E-state index in [9.17, 15) is 45.0 Å². The van der Waals surface area contributed by atoms with Crippen molar-refractivity contribution in [1.82, 2.24) is 5.32 Å². The normalized spacial score (nSPS) is 23.1. The van der Waals surface area contributed by atoms with Gasteiger partial charge in [-0.2, -0.15) is 0 Å². The fourth-order valence-corrected chi connectivity index (χ4v) is 3.98. The smallest absolute Gasteiger partial charge is 0.862 e. The van der Waals surface area contributed by atoms with Crippen LogP contribution >= 0.6 is 0 Å². The number of carbonyl (C=O) groups is 3. The Morgan fingerprint density at radius 2 is 1.39 bits per heavy atom. The van der Waals surface area contributed by atoms with Crippen LogP contribution in [0, 0.1) is 0 Å². The van der Waals surface area contributed by atoms with Gasteiger partial charge in [0.2, 0.25) is 5.91 Å². The summed E-state index contributed by atoms with van der Waals surface area (Å²) in [7, 11) is 0. The molecule has 0 bridgehead atoms. The Morgan fingerprint density at radius 1 is 0.829 bits per heavy atom. The second kappa shape index (κ2) is 25.0. The number of unbranched alkanes of at least 4 members (excludes halogenated alkanes) is 8. The molecule has 0 saturated carbocycles. The number of ether oxygens (including phenoxy) is 2. The Bertz CT molecular complexity index is 775. The van der Waals surface area contributed by atoms with E-state index in [1.807, 2.05) is 0 Å². The molecule has 1 saturated heterocycles. The van der Waals surface area contributed by atoms with Crippen molar-refractivity contribution in [2.45, 2.75) is 114 Å². The van der Waals surface area contributed by atoms with Crippen LogP contribution < -0.4 is 74.6 Å². The Morgan fingerprint density at radius 3 is 1.93 bits per heavy atom. The molecule has 1 aliphatic rings. The third-order valence-corrected chi connectivity index (χ3v) is 6.28. The maximum absolute atomic E-state index is 12.7. The van der Waals surface area contributed by atoms with Crippen LogP contribution in [0.2, 0.25) is 0 Å². The van der Waals surface area contributed by atoms with E-state index in [4.69, 9.17) is 14.6 Å². The number of aliphatic imine (C=N–C) groups is 1. The molecule has 1 aliphatic heterocycles. The quantitative estimate of drug-likeness (QED) is 0.0308. The Balaban J connectivity index is 0. The van der Waals surface area contributed by atoms with Gasteiger partial charge in [-0.3, -0.25) is 14.6 Å². The standard InChI is InChI=1S/C25H44N2O12.2Na/c28-14-17-21(34)22(35)23(36)25(39-17)38-15-16(27-18(29)11-12-20(32)33)24(37)26-13-9-7-5-3-1-2-4-6-8-10-19(30)31;;/h16-17,21-23,25,28,34-36H,1-15H2,(H,26,37)(H,27,29)(H,30,31)(H,32,33);;/q;2*+1/p-2/t16?,17-,21+,22+,23-,25-;;/m1../s1. The van der Waals surface area contributed by atoms with Gasteiger partial charge in [-0.15, -0.1) is 0 Å². The van der Waals surface area contributed by atoms with E-state index in [0.717, 1.165) is 44.9 Å². The third-order valence-electron chi connectivity index (χ3n) is 6.28. The number of hydrogen-bond donors (Lipinski definition) is 6. The van der Waals surface area contributed by atoms with Gasteiger partial charge in [-0.1, -0.05) is 44.9 Å². The number of aliphatic carboxylic acids is 2. The molecular weight excluding hydrogens is 566 g/mol. The van der Waals surface area contributed by atoms with Crippen molar-refractivity contribution in [3.05, 3.63) is 0 Å². The summed E-state index contributed by atoms with van der Waals surface area (Å²) in [5.74, 6) is -3.70. The number of aliphatic hydroxyl groups is 4. The number of aliphatic hydroxyl groups excluding tert-OH is 4. The number of amides is 1. The first-order chi connectivity index (χ1) is 18.6. The summed E-state index contributed by atoms with van der Waals surface area (Å²) in [5.41, 5.74) is 0. The Kier molecular flexibility index (Phi) is 26.1. The number of carbonyl (C=O) groups excluding carboxylic acids is 2. The van der Waals surface area contributed by atoms with Gasteiger partial charge in [0.25, 0.3) is 0 Å². The monoisotopic (exact) mass is 608 g/mol. The topological polar surface area (TPSA) is 241 Å². The van der Waals surface area contributed by atoms with E-state index in [1.54, 1.807) is 0 Å². The van der Waals surface area contributed by atoms with E-state index < -0.39 is 86.5 Å². The van der Waals surface area contributed by atoms with Crippen LogP contribution in [0.3, 0.4) is 0 Å². The molecule has 14 nitrogen and oxygen atoms in total. The Hall–Kier alpha value is -0.360. The molecule has 0 spiro atoms. The number of hydrogen-bond acceptors (Lipinski definition) is 12. The molecule has 6 N–H and O–H groups in total. The number of rotatable bonds is 21. The first kappa shape index (κ1) is 42.8. The molecule has 41 heavy (non-hydrogen) atoms. The number of carboxylic acids is 2. The van der Waals surface area contributed by atoms with Crippen LogP contribution in [0.15, 0.2) is 4.99 Å². The average Bonchev–Trinajstić information content (AvgIpc) is 2.89. The van der Waals surface area contributed by atoms with E-state index >= 15 is 0 Å². The molecule has 226 valence electrons. The largest absolute Gasteiger partial charge is 1.00 e. The van der Waals surface area contributed by atoms with Crippen LogP contribution in [0.1, 0.15) is 77.0 Å². The van der Waals surface area contributed by atoms with E-state index in [0.29, 0.717) is 19.4 Å². The predicted molar refractivity (Wildman–Crippen MR) is 132 cm³/mol. The van der Waals surface area contributed by atoms with Crippen LogP contribution in [0.5, 0.6) is 0 Å². The minimum absolute atomic E-state index is 0. The maximum Gasteiger partial charge on any atom is 1.00 e. The van der Waals surface area contributed by atoms with Crippen molar-refractivity contribution in [3.63, 3.8) is 0 Å². The number of carboxylic acid groups (broad SMARTS) is 2. The summed E-state index contributed by atoms with van der Waals surface area (Å²) in [6.07, 6.45) is -0.479. The van der Waals surface area contributed by atoms with Gasteiger partial charge >= 0.3 is 65.1 Å². The first-order valence-electron chi connectivity index (χ1n) is 13.4. The zero-order valence-corrected chi connectivity index (χ0v) is 28.1. The summed E-state index contributed by atoms with van der Waals surface area (Å²) in [5, 5.41) is 73.0. The SMILES string of the molecule is O=C([O-])CCCCCCCCCCCNC(=O)C(CO[C@@H]1O[C@H](CO)[C@H](O)[C@H](O)[C@H]1O)N=C([O-])CCC(=O)O.[Na+].[Na+]. The van der Waals surface area contributed by atoms with Crippen molar-refractivity contribution in [2.24, 2.45) is 4.99 Å². The number of nitrogens with one attached hydrogen (secondary N) is 1. The van der Waals surface area contributed by atoms with Crippen molar-refractivity contribution >= 4 is 23.7 Å². The van der Waals surface area contributed by atoms with Crippen LogP contribution in [-0.2, 0) is 23.9 Å². The minimum Gasteiger partial charge on any atom is -0.862 e. The van der Waals surface area contributed by atoms with Gasteiger partial charge in [0.15, 0.2) is 12.3 Å². The fraction of sp³-hybridized carbons (Fsp3) is 0.840. The number of nitrogens with zero attached hydrogens (tertiary/aromatic N) is 1. The van der Waals surface area contributed by atoms with Crippen molar-refractivity contribution in [2.75, 3.05) is 19.8 Å². The summed E-state index contributed by atoms with van der Waals surface area (Å²) < 4.78 is 10.6. The van der Waals surface area contributed by atoms with Gasteiger partial charge in [0, 0.05) is 18.9 Å². The van der Waals surface area contributed by atoms with Crippen molar-refractivity contribution in [1.29, 1.82) is 0 Å². The van der Waals surface area contributed by atoms with Gasteiger partial charge in [0.1, 0.15) is 24.4 Å². The van der Waals surface area contributed by atoms with Gasteiger partial charge < -0.3 is 55.3 Å². The molecule has 0 aromatic rings. The molecule has 16 heteroatoms. The third kappa shape index (κ3) is 18.8. The molecular formula is C25H42N2Na2O12. The summed E-state index contributed by atoms with van der Waals surface area (Å²) >= 11 is 0. The van der Waals surface area contributed by atoms with Gasteiger partial charge in [0.05, 0.1) is 13.2 Å². The second-order valence-corrected chi connectivity index (χ2v) is 9.56. The van der Waals surface area contributed by atoms with E-state index in [2.05, 4.69) is 10.3 Å². The average molecular weight is 609 g/mol. The molecule has 1 unspecified atom stereocenters. The van der Waals surface area contributed by atoms with Crippen molar-refractivity contribution < 1.29 is 119 Å². The van der Waals surface area contributed by atoms with E-state index in [1.165, 1.54) is 0 Å². The molecule has 0 aromatic heterocycles. The fourth-order valence-electron chi connectivity index (χ4n) is 3.98. The molecule has 1 fully saturated rings. The molecule has 1 amide bonds. The van der Waals surface area contributed by atoms with Gasteiger partial charge in [-0.25, -0.2) is 0 Å². The minimum atomic E-state index is -1.70. The van der Waals surface area contributed by atoms with Crippen LogP contribution in [0.25, 0.3) is 0 Å². The summed E-state index contributed by atoms with van der Waals surface area (Å²) in [6, 6.07) is -1.38. The van der Waals surface area contributed by atoms with E-state index in [-0.39, 0.29) is 65.5 Å². The van der Waals surface area contributed by atoms with Crippen LogP contribution in [0.4, 0.5) is 0 Å². The predicted octanol–water partition coefficient (Wildman–Crippen LogP) is -8.43. The zero-order valence-electron chi connectivity index (χ0n) is 24.1. The molecule has 0 aromatic carbocycles. The van der Waals surface area contributed by atoms with Crippen molar-refractivity contribution in [3.8, 4) is 0 Å². The summed E-state index contributed by atoms with van der Waals surface area (Å²) in [4.78, 5) is 37.5. The molecule has 0 radical (unpaired) electrons. The first-order valence-corrected chi connectivity index (χ1v) is 13.4. The summed E-state index contributed by atoms with van der Waals surface area (Å²) in [6.45, 7) is -0.911. The second-order valence-electron chi connectivity index (χ2n) is 9.56. The Labute approximate surface area is 284 Å². The molecule has 0 aliphatic carbocycles. The molecule has 6 atom stereocenters. The molecule has 1 heterocycles.